The van der Waals surface area contributed by atoms with Crippen LogP contribution in [0.3, 0.4) is 0 Å². The number of carbonyl (C=O) groups excluding carboxylic acids is 1. The molecule has 0 spiro atoms. The Balaban J connectivity index is 2.77. The Labute approximate surface area is 117 Å². The summed E-state index contributed by atoms with van der Waals surface area (Å²) in [6.07, 6.45) is 1.01. The average molecular weight is 300 g/mol. The smallest absolute Gasteiger partial charge is 0.335 e. The molecule has 0 heterocycles. The SMILES string of the molecule is Cc1cc(NC(=O)CN(C)S(C)(=O)=O)ccc1C(=O)O. The van der Waals surface area contributed by atoms with Crippen LogP contribution in [0.2, 0.25) is 0 Å². The molecule has 1 rings (SSSR count). The second-order valence-corrected chi connectivity index (χ2v) is 6.49. The Hall–Kier alpha value is -1.93. The van der Waals surface area contributed by atoms with Crippen LogP contribution in [0.5, 0.6) is 0 Å². The highest BCUT2D eigenvalue weighted by Gasteiger charge is 2.15. The maximum absolute atomic E-state index is 11.7. The minimum absolute atomic E-state index is 0.149. The van der Waals surface area contributed by atoms with Crippen LogP contribution in [-0.2, 0) is 14.8 Å². The molecule has 20 heavy (non-hydrogen) atoms. The molecule has 0 unspecified atom stereocenters. The Morgan fingerprint density at radius 1 is 1.35 bits per heavy atom. The minimum atomic E-state index is -3.42. The number of carbonyl (C=O) groups is 2. The number of hydrogen-bond acceptors (Lipinski definition) is 4. The standard InChI is InChI=1S/C12H16N2O5S/c1-8-6-9(4-5-10(8)12(16)17)13-11(15)7-14(2)20(3,18)19/h4-6H,7H2,1-3H3,(H,13,15)(H,16,17). The first kappa shape index (κ1) is 16.1. The summed E-state index contributed by atoms with van der Waals surface area (Å²) in [4.78, 5) is 22.5. The second-order valence-electron chi connectivity index (χ2n) is 4.40. The molecule has 0 aliphatic carbocycles. The molecule has 0 aliphatic rings. The van der Waals surface area contributed by atoms with Crippen LogP contribution in [0.4, 0.5) is 5.69 Å². The van der Waals surface area contributed by atoms with E-state index in [0.29, 0.717) is 11.3 Å². The second kappa shape index (κ2) is 6.02. The van der Waals surface area contributed by atoms with E-state index in [4.69, 9.17) is 5.11 Å². The summed E-state index contributed by atoms with van der Waals surface area (Å²) >= 11 is 0. The van der Waals surface area contributed by atoms with Crippen molar-refractivity contribution in [1.82, 2.24) is 4.31 Å². The van der Waals surface area contributed by atoms with Crippen LogP contribution >= 0.6 is 0 Å². The highest BCUT2D eigenvalue weighted by molar-refractivity contribution is 7.88. The number of rotatable bonds is 5. The highest BCUT2D eigenvalue weighted by atomic mass is 32.2. The number of aromatic carboxylic acids is 1. The zero-order valence-corrected chi connectivity index (χ0v) is 12.2. The van der Waals surface area contributed by atoms with Crippen LogP contribution in [0, 0.1) is 6.92 Å². The number of nitrogens with one attached hydrogen (secondary N) is 1. The van der Waals surface area contributed by atoms with Crippen molar-refractivity contribution < 1.29 is 23.1 Å². The van der Waals surface area contributed by atoms with E-state index in [1.807, 2.05) is 0 Å². The van der Waals surface area contributed by atoms with Crippen molar-refractivity contribution in [1.29, 1.82) is 0 Å². The molecule has 1 aromatic rings. The Morgan fingerprint density at radius 2 is 1.95 bits per heavy atom. The van der Waals surface area contributed by atoms with E-state index < -0.39 is 21.9 Å². The van der Waals surface area contributed by atoms with Crippen molar-refractivity contribution in [3.05, 3.63) is 29.3 Å². The Kier molecular flexibility index (Phi) is 4.85. The van der Waals surface area contributed by atoms with Gasteiger partial charge in [0.2, 0.25) is 15.9 Å². The molecule has 0 aliphatic heterocycles. The van der Waals surface area contributed by atoms with Gasteiger partial charge in [0.05, 0.1) is 18.4 Å². The fraction of sp³-hybridized carbons (Fsp3) is 0.333. The summed E-state index contributed by atoms with van der Waals surface area (Å²) in [7, 11) is -2.12. The zero-order valence-electron chi connectivity index (χ0n) is 11.4. The minimum Gasteiger partial charge on any atom is -0.478 e. The van der Waals surface area contributed by atoms with Gasteiger partial charge < -0.3 is 10.4 Å². The van der Waals surface area contributed by atoms with Gasteiger partial charge in [-0.25, -0.2) is 13.2 Å². The first-order chi connectivity index (χ1) is 9.11. The number of sulfonamides is 1. The molecule has 0 saturated heterocycles. The van der Waals surface area contributed by atoms with Crippen LogP contribution in [0.15, 0.2) is 18.2 Å². The molecule has 0 aromatic heterocycles. The lowest BCUT2D eigenvalue weighted by molar-refractivity contribution is -0.116. The lowest BCUT2D eigenvalue weighted by Crippen LogP contribution is -2.34. The van der Waals surface area contributed by atoms with E-state index in [1.54, 1.807) is 6.92 Å². The summed E-state index contributed by atoms with van der Waals surface area (Å²) in [5.74, 6) is -1.54. The predicted octanol–water partition coefficient (Wildman–Crippen LogP) is 0.523. The number of anilines is 1. The van der Waals surface area contributed by atoms with Crippen LogP contribution in [-0.4, -0.2) is 49.6 Å². The molecule has 8 heteroatoms. The molecule has 2 N–H and O–H groups in total. The van der Waals surface area contributed by atoms with E-state index in [2.05, 4.69) is 5.32 Å². The predicted molar refractivity (Wildman–Crippen MR) is 74.2 cm³/mol. The number of nitrogens with zero attached hydrogens (tertiary/aromatic N) is 1. The number of likely N-dealkylation sites (N-methyl/N-ethyl adjacent to an activating group) is 1. The van der Waals surface area contributed by atoms with Gasteiger partial charge in [-0.2, -0.15) is 4.31 Å². The number of aryl methyl sites for hydroxylation is 1. The van der Waals surface area contributed by atoms with Gasteiger partial charge in [-0.1, -0.05) is 0 Å². The fourth-order valence-corrected chi connectivity index (χ4v) is 1.85. The molecule has 7 nitrogen and oxygen atoms in total. The van der Waals surface area contributed by atoms with E-state index in [1.165, 1.54) is 25.2 Å². The molecule has 0 bridgehead atoms. The number of hydrogen-bond donors (Lipinski definition) is 2. The summed E-state index contributed by atoms with van der Waals surface area (Å²) < 4.78 is 23.3. The van der Waals surface area contributed by atoms with Crippen molar-refractivity contribution in [2.24, 2.45) is 0 Å². The topological polar surface area (TPSA) is 104 Å². The van der Waals surface area contributed by atoms with Crippen LogP contribution < -0.4 is 5.32 Å². The van der Waals surface area contributed by atoms with Crippen molar-refractivity contribution >= 4 is 27.6 Å². The Bertz CT molecular complexity index is 639. The molecular formula is C12H16N2O5S. The maximum atomic E-state index is 11.7. The third-order valence-electron chi connectivity index (χ3n) is 2.67. The first-order valence-electron chi connectivity index (χ1n) is 5.66. The molecule has 0 saturated carbocycles. The lowest BCUT2D eigenvalue weighted by Gasteiger charge is -2.14. The fourth-order valence-electron chi connectivity index (χ4n) is 1.50. The Morgan fingerprint density at radius 3 is 2.40 bits per heavy atom. The summed E-state index contributed by atoms with van der Waals surface area (Å²) in [6, 6.07) is 4.35. The van der Waals surface area contributed by atoms with Crippen LogP contribution in [0.1, 0.15) is 15.9 Å². The quantitative estimate of drug-likeness (QED) is 0.825. The van der Waals surface area contributed by atoms with Gasteiger partial charge in [0.1, 0.15) is 0 Å². The van der Waals surface area contributed by atoms with Crippen LogP contribution in [0.25, 0.3) is 0 Å². The van der Waals surface area contributed by atoms with Crippen molar-refractivity contribution in [3.63, 3.8) is 0 Å². The largest absolute Gasteiger partial charge is 0.478 e. The van der Waals surface area contributed by atoms with E-state index in [0.717, 1.165) is 10.6 Å². The number of amides is 1. The normalized spacial score (nSPS) is 11.4. The lowest BCUT2D eigenvalue weighted by atomic mass is 10.1. The number of carboxylic acid groups (broad SMARTS) is 1. The third kappa shape index (κ3) is 4.32. The molecule has 1 aromatic carbocycles. The zero-order chi connectivity index (χ0) is 15.5. The summed E-state index contributed by atoms with van der Waals surface area (Å²) in [5, 5.41) is 11.4. The molecular weight excluding hydrogens is 284 g/mol. The summed E-state index contributed by atoms with van der Waals surface area (Å²) in [5.41, 5.74) is 1.07. The number of benzene rings is 1. The van der Waals surface area contributed by atoms with E-state index in [9.17, 15) is 18.0 Å². The first-order valence-corrected chi connectivity index (χ1v) is 7.51. The van der Waals surface area contributed by atoms with Gasteiger partial charge in [0, 0.05) is 12.7 Å². The molecule has 0 radical (unpaired) electrons. The van der Waals surface area contributed by atoms with Gasteiger partial charge >= 0.3 is 5.97 Å². The molecule has 1 amide bonds. The highest BCUT2D eigenvalue weighted by Crippen LogP contribution is 2.15. The summed E-state index contributed by atoms with van der Waals surface area (Å²) in [6.45, 7) is 1.31. The maximum Gasteiger partial charge on any atom is 0.335 e. The van der Waals surface area contributed by atoms with Crippen molar-refractivity contribution in [2.45, 2.75) is 6.92 Å². The molecule has 110 valence electrons. The monoisotopic (exact) mass is 300 g/mol. The van der Waals surface area contributed by atoms with Gasteiger partial charge in [-0.3, -0.25) is 4.79 Å². The van der Waals surface area contributed by atoms with Gasteiger partial charge in [0.25, 0.3) is 0 Å². The van der Waals surface area contributed by atoms with Gasteiger partial charge in [-0.05, 0) is 30.7 Å². The van der Waals surface area contributed by atoms with E-state index in [-0.39, 0.29) is 12.1 Å². The van der Waals surface area contributed by atoms with Crippen molar-refractivity contribution in [3.8, 4) is 0 Å². The van der Waals surface area contributed by atoms with Gasteiger partial charge in [-0.15, -0.1) is 0 Å². The molecule has 0 atom stereocenters. The van der Waals surface area contributed by atoms with Gasteiger partial charge in [0.15, 0.2) is 0 Å². The van der Waals surface area contributed by atoms with Crippen molar-refractivity contribution in [2.75, 3.05) is 25.2 Å². The number of carboxylic acids is 1. The van der Waals surface area contributed by atoms with E-state index >= 15 is 0 Å². The molecule has 0 fully saturated rings. The third-order valence-corrected chi connectivity index (χ3v) is 3.93. The average Bonchev–Trinajstić information content (AvgIpc) is 2.26.